The number of allylic oxidation sites excluding steroid dienone is 1. The molecular weight excluding hydrogens is 202 g/mol. The second-order valence-corrected chi connectivity index (χ2v) is 4.95. The molecule has 0 N–H and O–H groups in total. The molecule has 0 amide bonds. The Balaban J connectivity index is 2.33. The molecule has 0 bridgehead atoms. The highest BCUT2D eigenvalue weighted by Gasteiger charge is 2.28. The zero-order valence-corrected chi connectivity index (χ0v) is 9.54. The van der Waals surface area contributed by atoms with Crippen LogP contribution in [0.25, 0.3) is 16.1 Å². The molecule has 1 aliphatic carbocycles. The molecule has 16 heavy (non-hydrogen) atoms. The van der Waals surface area contributed by atoms with E-state index in [2.05, 4.69) is 28.9 Å². The van der Waals surface area contributed by atoms with Gasteiger partial charge in [0, 0.05) is 23.0 Å². The van der Waals surface area contributed by atoms with Crippen LogP contribution < -0.4 is 0 Å². The first-order valence-electron chi connectivity index (χ1n) is 5.34. The van der Waals surface area contributed by atoms with Crippen molar-refractivity contribution in [3.05, 3.63) is 35.2 Å². The lowest BCUT2D eigenvalue weighted by atomic mass is 9.77. The van der Waals surface area contributed by atoms with Crippen molar-refractivity contribution in [3.8, 4) is 0 Å². The molecule has 0 aliphatic heterocycles. The minimum absolute atomic E-state index is 0.0499. The molecular formula is C11H15N5. The first kappa shape index (κ1) is 10.8. The summed E-state index contributed by atoms with van der Waals surface area (Å²) in [6.45, 7) is 4.38. The maximum Gasteiger partial charge on any atom is 0.0989 e. The van der Waals surface area contributed by atoms with Crippen molar-refractivity contribution in [1.29, 1.82) is 0 Å². The maximum absolute atomic E-state index is 8.52. The second kappa shape index (κ2) is 4.02. The van der Waals surface area contributed by atoms with Crippen LogP contribution in [0.15, 0.2) is 29.9 Å². The third-order valence-corrected chi connectivity index (χ3v) is 2.84. The van der Waals surface area contributed by atoms with Crippen molar-refractivity contribution in [2.24, 2.45) is 10.5 Å². The van der Waals surface area contributed by atoms with Gasteiger partial charge in [0.15, 0.2) is 0 Å². The zero-order chi connectivity index (χ0) is 11.6. The number of rotatable bonds is 2. The van der Waals surface area contributed by atoms with Crippen molar-refractivity contribution < 1.29 is 0 Å². The Bertz CT molecular complexity index is 437. The number of hydrogen-bond acceptors (Lipinski definition) is 2. The molecule has 84 valence electrons. The number of nitrogens with zero attached hydrogens (tertiary/aromatic N) is 5. The van der Waals surface area contributed by atoms with Gasteiger partial charge in [0.1, 0.15) is 0 Å². The van der Waals surface area contributed by atoms with Gasteiger partial charge in [-0.05, 0) is 23.8 Å². The lowest BCUT2D eigenvalue weighted by Gasteiger charge is -2.33. The highest BCUT2D eigenvalue weighted by molar-refractivity contribution is 5.49. The molecule has 0 saturated carbocycles. The Hall–Kier alpha value is -1.74. The van der Waals surface area contributed by atoms with Gasteiger partial charge in [-0.1, -0.05) is 25.0 Å². The van der Waals surface area contributed by atoms with Gasteiger partial charge in [-0.15, -0.1) is 0 Å². The molecule has 0 radical (unpaired) electrons. The first-order valence-corrected chi connectivity index (χ1v) is 5.34. The lowest BCUT2D eigenvalue weighted by Crippen LogP contribution is -2.24. The van der Waals surface area contributed by atoms with Gasteiger partial charge in [0.05, 0.1) is 12.4 Å². The van der Waals surface area contributed by atoms with E-state index < -0.39 is 0 Å². The Kier molecular flexibility index (Phi) is 2.71. The van der Waals surface area contributed by atoms with Crippen LogP contribution >= 0.6 is 0 Å². The Labute approximate surface area is 94.4 Å². The number of azide groups is 1. The molecule has 1 aliphatic rings. The summed E-state index contributed by atoms with van der Waals surface area (Å²) in [6.07, 6.45) is 9.36. The van der Waals surface area contributed by atoms with E-state index >= 15 is 0 Å². The number of aromatic nitrogens is 2. The Morgan fingerprint density at radius 1 is 1.62 bits per heavy atom. The minimum Gasteiger partial charge on any atom is -0.310 e. The minimum atomic E-state index is -0.0499. The summed E-state index contributed by atoms with van der Waals surface area (Å²) in [4.78, 5) is 6.93. The highest BCUT2D eigenvalue weighted by Crippen LogP contribution is 2.38. The van der Waals surface area contributed by atoms with Crippen molar-refractivity contribution in [1.82, 2.24) is 9.55 Å². The molecule has 1 atom stereocenters. The zero-order valence-electron chi connectivity index (χ0n) is 9.54. The lowest BCUT2D eigenvalue weighted by molar-refractivity contribution is 0.313. The monoisotopic (exact) mass is 217 g/mol. The standard InChI is InChI=1S/C11H15N5/c1-11(2)6-9(14-15-12)5-10(7-11)16-4-3-13-8-16/h3-5,8-9H,6-7H2,1-2H3. The molecule has 0 saturated heterocycles. The van der Waals surface area contributed by atoms with Gasteiger partial charge in [-0.25, -0.2) is 4.98 Å². The summed E-state index contributed by atoms with van der Waals surface area (Å²) in [7, 11) is 0. The maximum atomic E-state index is 8.52. The topological polar surface area (TPSA) is 66.6 Å². The summed E-state index contributed by atoms with van der Waals surface area (Å²) < 4.78 is 1.99. The second-order valence-electron chi connectivity index (χ2n) is 4.95. The summed E-state index contributed by atoms with van der Waals surface area (Å²) >= 11 is 0. The molecule has 0 fully saturated rings. The number of imidazole rings is 1. The van der Waals surface area contributed by atoms with E-state index in [0.717, 1.165) is 18.5 Å². The summed E-state index contributed by atoms with van der Waals surface area (Å²) in [5.41, 5.74) is 9.83. The van der Waals surface area contributed by atoms with Crippen molar-refractivity contribution >= 4 is 5.70 Å². The molecule has 1 unspecified atom stereocenters. The average molecular weight is 217 g/mol. The third kappa shape index (κ3) is 2.25. The van der Waals surface area contributed by atoms with Gasteiger partial charge in [0.25, 0.3) is 0 Å². The number of hydrogen-bond donors (Lipinski definition) is 0. The van der Waals surface area contributed by atoms with Crippen molar-refractivity contribution in [3.63, 3.8) is 0 Å². The van der Waals surface area contributed by atoms with Crippen LogP contribution in [0.2, 0.25) is 0 Å². The van der Waals surface area contributed by atoms with Crippen LogP contribution in [0.3, 0.4) is 0 Å². The van der Waals surface area contributed by atoms with E-state index in [1.165, 1.54) is 0 Å². The van der Waals surface area contributed by atoms with Crippen LogP contribution in [-0.4, -0.2) is 15.6 Å². The predicted molar refractivity (Wildman–Crippen MR) is 62.4 cm³/mol. The third-order valence-electron chi connectivity index (χ3n) is 2.84. The molecule has 1 aromatic heterocycles. The average Bonchev–Trinajstić information content (AvgIpc) is 2.68. The molecule has 1 aromatic rings. The van der Waals surface area contributed by atoms with Gasteiger partial charge in [-0.2, -0.15) is 0 Å². The SMILES string of the molecule is CC1(C)CC(n2ccnc2)=CC(N=[N+]=[N-])C1. The van der Waals surface area contributed by atoms with Crippen molar-refractivity contribution in [2.45, 2.75) is 32.7 Å². The fourth-order valence-corrected chi connectivity index (χ4v) is 2.22. The Morgan fingerprint density at radius 3 is 3.06 bits per heavy atom. The normalized spacial score (nSPS) is 23.4. The summed E-state index contributed by atoms with van der Waals surface area (Å²) in [5, 5.41) is 3.81. The van der Waals surface area contributed by atoms with E-state index in [-0.39, 0.29) is 11.5 Å². The van der Waals surface area contributed by atoms with Gasteiger partial charge >= 0.3 is 0 Å². The van der Waals surface area contributed by atoms with Gasteiger partial charge in [-0.3, -0.25) is 0 Å². The van der Waals surface area contributed by atoms with Crippen LogP contribution in [0, 0.1) is 5.41 Å². The smallest absolute Gasteiger partial charge is 0.0989 e. The fourth-order valence-electron chi connectivity index (χ4n) is 2.22. The van der Waals surface area contributed by atoms with Crippen LogP contribution in [0.4, 0.5) is 0 Å². The quantitative estimate of drug-likeness (QED) is 0.426. The highest BCUT2D eigenvalue weighted by atomic mass is 15.1. The molecule has 1 heterocycles. The molecule has 0 aromatic carbocycles. The van der Waals surface area contributed by atoms with E-state index in [4.69, 9.17) is 5.53 Å². The first-order chi connectivity index (χ1) is 7.61. The van der Waals surface area contributed by atoms with Crippen molar-refractivity contribution in [2.75, 3.05) is 0 Å². The van der Waals surface area contributed by atoms with E-state index in [1.807, 2.05) is 16.8 Å². The largest absolute Gasteiger partial charge is 0.310 e. The summed E-state index contributed by atoms with van der Waals surface area (Å²) in [6, 6.07) is -0.0499. The molecule has 0 spiro atoms. The van der Waals surface area contributed by atoms with Gasteiger partial charge in [0.2, 0.25) is 0 Å². The fraction of sp³-hybridized carbons (Fsp3) is 0.545. The van der Waals surface area contributed by atoms with Gasteiger partial charge < -0.3 is 4.57 Å². The van der Waals surface area contributed by atoms with E-state index in [9.17, 15) is 0 Å². The van der Waals surface area contributed by atoms with E-state index in [1.54, 1.807) is 12.5 Å². The van der Waals surface area contributed by atoms with Crippen LogP contribution in [0.1, 0.15) is 26.7 Å². The molecule has 2 rings (SSSR count). The molecule has 5 nitrogen and oxygen atoms in total. The predicted octanol–water partition coefficient (Wildman–Crippen LogP) is 3.22. The summed E-state index contributed by atoms with van der Waals surface area (Å²) in [5.74, 6) is 0. The van der Waals surface area contributed by atoms with Crippen LogP contribution in [0.5, 0.6) is 0 Å². The van der Waals surface area contributed by atoms with E-state index in [0.29, 0.717) is 0 Å². The van der Waals surface area contributed by atoms with Crippen LogP contribution in [-0.2, 0) is 0 Å². The molecule has 5 heteroatoms. The Morgan fingerprint density at radius 2 is 2.44 bits per heavy atom.